The molecule has 0 radical (unpaired) electrons. The lowest BCUT2D eigenvalue weighted by atomic mass is 9.86. The van der Waals surface area contributed by atoms with E-state index in [2.05, 4.69) is 11.4 Å². The first-order chi connectivity index (χ1) is 13.0. The number of amides is 2. The second-order valence-corrected chi connectivity index (χ2v) is 8.41. The van der Waals surface area contributed by atoms with Crippen LogP contribution in [-0.4, -0.2) is 29.7 Å². The van der Waals surface area contributed by atoms with Crippen LogP contribution in [0.2, 0.25) is 0 Å². The van der Waals surface area contributed by atoms with Gasteiger partial charge in [0.25, 0.3) is 0 Å². The van der Waals surface area contributed by atoms with Crippen LogP contribution in [0.15, 0.2) is 41.8 Å². The van der Waals surface area contributed by atoms with Crippen molar-refractivity contribution < 1.29 is 14.4 Å². The van der Waals surface area contributed by atoms with Crippen molar-refractivity contribution >= 4 is 40.2 Å². The molecule has 3 aliphatic rings. The van der Waals surface area contributed by atoms with Gasteiger partial charge in [0, 0.05) is 11.3 Å². The summed E-state index contributed by atoms with van der Waals surface area (Å²) in [5.74, 6) is -1.90. The number of ketones is 1. The van der Waals surface area contributed by atoms with Crippen LogP contribution in [-0.2, 0) is 9.59 Å². The first-order valence-electron chi connectivity index (χ1n) is 8.97. The Hall–Kier alpha value is -2.73. The summed E-state index contributed by atoms with van der Waals surface area (Å²) < 4.78 is 0. The minimum Gasteiger partial charge on any atom is -0.352 e. The molecule has 2 fully saturated rings. The summed E-state index contributed by atoms with van der Waals surface area (Å²) in [5.41, 5.74) is 4.19. The van der Waals surface area contributed by atoms with E-state index in [-0.39, 0.29) is 23.6 Å². The van der Waals surface area contributed by atoms with Gasteiger partial charge in [0.1, 0.15) is 6.04 Å². The molecule has 4 atom stereocenters. The van der Waals surface area contributed by atoms with Gasteiger partial charge in [-0.05, 0) is 43.0 Å². The Kier molecular flexibility index (Phi) is 3.43. The summed E-state index contributed by atoms with van der Waals surface area (Å²) >= 11 is 1.37. The van der Waals surface area contributed by atoms with Crippen molar-refractivity contribution in [1.82, 2.24) is 5.32 Å². The summed E-state index contributed by atoms with van der Waals surface area (Å²) in [5, 5.41) is 4.30. The standard InChI is InChI=1S/C21H18N2O3S/c1-10-5-6-13-12(8-10)11(2)9-14-16-17(21(26)22-20(16)25)18(23(13)14)19(24)15-4-3-7-27-15/h3-9,14,16-18H,1-2H3,(H,22,25,26)/t14-,16-,17+,18+/m1/s1. The van der Waals surface area contributed by atoms with Gasteiger partial charge < -0.3 is 4.90 Å². The number of imide groups is 1. The number of hydrogen-bond donors (Lipinski definition) is 1. The fraction of sp³-hybridized carbons (Fsp3) is 0.286. The zero-order valence-corrected chi connectivity index (χ0v) is 15.7. The van der Waals surface area contributed by atoms with Crippen molar-refractivity contribution in [1.29, 1.82) is 0 Å². The molecular formula is C21H18N2O3S. The van der Waals surface area contributed by atoms with Crippen molar-refractivity contribution in [3.05, 3.63) is 57.8 Å². The fourth-order valence-corrected chi connectivity index (χ4v) is 5.44. The van der Waals surface area contributed by atoms with E-state index in [0.717, 1.165) is 22.4 Å². The number of benzene rings is 1. The Morgan fingerprint density at radius 3 is 2.63 bits per heavy atom. The predicted molar refractivity (Wildman–Crippen MR) is 104 cm³/mol. The van der Waals surface area contributed by atoms with Crippen LogP contribution >= 0.6 is 11.3 Å². The van der Waals surface area contributed by atoms with Gasteiger partial charge in [-0.25, -0.2) is 0 Å². The van der Waals surface area contributed by atoms with Crippen LogP contribution < -0.4 is 10.2 Å². The van der Waals surface area contributed by atoms with E-state index in [9.17, 15) is 14.4 Å². The van der Waals surface area contributed by atoms with E-state index < -0.39 is 17.9 Å². The third kappa shape index (κ3) is 2.19. The number of rotatable bonds is 2. The number of carbonyl (C=O) groups excluding carboxylic acids is 3. The Labute approximate surface area is 160 Å². The van der Waals surface area contributed by atoms with E-state index in [1.54, 1.807) is 6.07 Å². The molecule has 2 amide bonds. The van der Waals surface area contributed by atoms with Crippen LogP contribution in [0.1, 0.15) is 27.7 Å². The van der Waals surface area contributed by atoms with Crippen molar-refractivity contribution in [2.45, 2.75) is 25.9 Å². The minimum atomic E-state index is -0.670. The first-order valence-corrected chi connectivity index (χ1v) is 9.85. The highest BCUT2D eigenvalue weighted by Crippen LogP contribution is 2.49. The van der Waals surface area contributed by atoms with E-state index in [1.165, 1.54) is 11.3 Å². The van der Waals surface area contributed by atoms with Crippen LogP contribution in [0.25, 0.3) is 5.57 Å². The molecule has 0 aliphatic carbocycles. The van der Waals surface area contributed by atoms with Gasteiger partial charge in [-0.1, -0.05) is 23.8 Å². The number of nitrogens with zero attached hydrogens (tertiary/aromatic N) is 1. The number of Topliss-reactive ketones (excluding diaryl/α,β-unsaturated/α-hetero) is 1. The molecule has 0 saturated carbocycles. The summed E-state index contributed by atoms with van der Waals surface area (Å²) in [4.78, 5) is 41.2. The first kappa shape index (κ1) is 16.4. The van der Waals surface area contributed by atoms with Crippen LogP contribution in [0.4, 0.5) is 5.69 Å². The molecule has 5 nitrogen and oxygen atoms in total. The molecule has 0 bridgehead atoms. The molecule has 0 spiro atoms. The molecule has 2 saturated heterocycles. The maximum absolute atomic E-state index is 13.4. The summed E-state index contributed by atoms with van der Waals surface area (Å²) in [6.07, 6.45) is 2.04. The molecule has 0 unspecified atom stereocenters. The van der Waals surface area contributed by atoms with Gasteiger partial charge in [-0.2, -0.15) is 0 Å². The third-order valence-corrected chi connectivity index (χ3v) is 6.76. The normalized spacial score (nSPS) is 28.4. The van der Waals surface area contributed by atoms with Crippen LogP contribution in [0.5, 0.6) is 0 Å². The topological polar surface area (TPSA) is 66.5 Å². The number of carbonyl (C=O) groups is 3. The summed E-state index contributed by atoms with van der Waals surface area (Å²) in [6, 6.07) is 8.77. The number of fused-ring (bicyclic) bond motifs is 5. The number of aryl methyl sites for hydroxylation is 1. The van der Waals surface area contributed by atoms with Gasteiger partial charge in [0.2, 0.25) is 11.8 Å². The highest BCUT2D eigenvalue weighted by atomic mass is 32.1. The zero-order chi connectivity index (χ0) is 18.9. The number of nitrogens with one attached hydrogen (secondary N) is 1. The summed E-state index contributed by atoms with van der Waals surface area (Å²) in [7, 11) is 0. The molecule has 1 N–H and O–H groups in total. The highest BCUT2D eigenvalue weighted by Gasteiger charge is 2.61. The highest BCUT2D eigenvalue weighted by molar-refractivity contribution is 7.12. The van der Waals surface area contributed by atoms with E-state index in [0.29, 0.717) is 4.88 Å². The quantitative estimate of drug-likeness (QED) is 0.645. The lowest BCUT2D eigenvalue weighted by molar-refractivity contribution is -0.126. The van der Waals surface area contributed by atoms with Gasteiger partial charge in [0.05, 0.1) is 22.8 Å². The second-order valence-electron chi connectivity index (χ2n) is 7.46. The third-order valence-electron chi connectivity index (χ3n) is 5.88. The van der Waals surface area contributed by atoms with Crippen LogP contribution in [0, 0.1) is 18.8 Å². The van der Waals surface area contributed by atoms with Crippen molar-refractivity contribution in [2.75, 3.05) is 4.90 Å². The molecule has 5 rings (SSSR count). The number of anilines is 1. The molecule has 4 heterocycles. The van der Waals surface area contributed by atoms with E-state index in [1.807, 2.05) is 48.4 Å². The van der Waals surface area contributed by atoms with Gasteiger partial charge in [-0.15, -0.1) is 11.3 Å². The zero-order valence-electron chi connectivity index (χ0n) is 14.9. The lowest BCUT2D eigenvalue weighted by Crippen LogP contribution is -2.48. The van der Waals surface area contributed by atoms with Gasteiger partial charge in [-0.3, -0.25) is 19.7 Å². The molecule has 27 heavy (non-hydrogen) atoms. The number of hydrogen-bond acceptors (Lipinski definition) is 5. The maximum atomic E-state index is 13.4. The smallest absolute Gasteiger partial charge is 0.233 e. The molecule has 1 aromatic heterocycles. The molecule has 2 aromatic rings. The fourth-order valence-electron chi connectivity index (χ4n) is 4.74. The Morgan fingerprint density at radius 1 is 1.11 bits per heavy atom. The van der Waals surface area contributed by atoms with E-state index in [4.69, 9.17) is 0 Å². The summed E-state index contributed by atoms with van der Waals surface area (Å²) in [6.45, 7) is 4.05. The predicted octanol–water partition coefficient (Wildman–Crippen LogP) is 2.80. The second kappa shape index (κ2) is 5.63. The Bertz CT molecular complexity index is 1020. The van der Waals surface area contributed by atoms with Crippen LogP contribution in [0.3, 0.4) is 0 Å². The minimum absolute atomic E-state index is 0.0909. The van der Waals surface area contributed by atoms with Crippen molar-refractivity contribution in [2.24, 2.45) is 11.8 Å². The average molecular weight is 378 g/mol. The number of thiophene rings is 1. The maximum Gasteiger partial charge on any atom is 0.233 e. The molecule has 6 heteroatoms. The molecular weight excluding hydrogens is 360 g/mol. The Morgan fingerprint density at radius 2 is 1.89 bits per heavy atom. The van der Waals surface area contributed by atoms with E-state index >= 15 is 0 Å². The average Bonchev–Trinajstić information content (AvgIpc) is 3.33. The number of allylic oxidation sites excluding steroid dienone is 1. The van der Waals surface area contributed by atoms with Crippen molar-refractivity contribution in [3.63, 3.8) is 0 Å². The molecule has 3 aliphatic heterocycles. The Balaban J connectivity index is 1.72. The van der Waals surface area contributed by atoms with Gasteiger partial charge >= 0.3 is 0 Å². The van der Waals surface area contributed by atoms with Gasteiger partial charge in [0.15, 0.2) is 5.78 Å². The largest absolute Gasteiger partial charge is 0.352 e. The monoisotopic (exact) mass is 378 g/mol. The lowest BCUT2D eigenvalue weighted by Gasteiger charge is -2.37. The van der Waals surface area contributed by atoms with Crippen molar-refractivity contribution in [3.8, 4) is 0 Å². The SMILES string of the molecule is CC1=C[C@@H]2[C@H]3C(=O)NC(=O)[C@@H]3[C@@H](C(=O)c3cccs3)N2c2ccc(C)cc21. The molecule has 1 aromatic carbocycles. The molecule has 136 valence electrons.